The maximum Gasteiger partial charge on any atom is 0.308 e. The number of piperidine rings is 1. The molecule has 1 saturated heterocycles. The molecule has 98 valence electrons. The summed E-state index contributed by atoms with van der Waals surface area (Å²) in [6.45, 7) is 0. The van der Waals surface area contributed by atoms with E-state index < -0.39 is 11.9 Å². The number of hydrogen-bond acceptors (Lipinski definition) is 3. The lowest BCUT2D eigenvalue weighted by molar-refractivity contribution is -0.150. The zero-order valence-electron chi connectivity index (χ0n) is 9.52. The summed E-state index contributed by atoms with van der Waals surface area (Å²) in [4.78, 5) is 25.5. The van der Waals surface area contributed by atoms with Crippen LogP contribution >= 0.6 is 43.2 Å². The van der Waals surface area contributed by atoms with Crippen LogP contribution in [0.25, 0.3) is 0 Å². The van der Waals surface area contributed by atoms with Crippen LogP contribution in [0.3, 0.4) is 0 Å². The first-order valence-electron chi connectivity index (χ1n) is 5.35. The number of carboxylic acids is 1. The number of rotatable bonds is 2. The van der Waals surface area contributed by atoms with Crippen molar-refractivity contribution in [2.45, 2.75) is 18.9 Å². The van der Waals surface area contributed by atoms with Gasteiger partial charge in [0.05, 0.1) is 15.7 Å². The number of carbonyl (C=O) groups excluding carboxylic acids is 1. The van der Waals surface area contributed by atoms with E-state index in [1.165, 1.54) is 11.3 Å². The van der Waals surface area contributed by atoms with Gasteiger partial charge in [-0.3, -0.25) is 9.59 Å². The lowest BCUT2D eigenvalue weighted by Gasteiger charge is -2.36. The SMILES string of the molecule is CN1C(=O)CCC(C(=O)O)C1c1cc(Br)c(Br)s1. The Morgan fingerprint density at radius 2 is 2.22 bits per heavy atom. The molecule has 0 saturated carbocycles. The van der Waals surface area contributed by atoms with E-state index in [-0.39, 0.29) is 11.9 Å². The smallest absolute Gasteiger partial charge is 0.308 e. The first-order valence-corrected chi connectivity index (χ1v) is 7.75. The van der Waals surface area contributed by atoms with Gasteiger partial charge in [-0.1, -0.05) is 0 Å². The molecule has 4 nitrogen and oxygen atoms in total. The normalized spacial score (nSPS) is 24.4. The molecule has 2 heterocycles. The van der Waals surface area contributed by atoms with E-state index in [0.717, 1.165) is 13.1 Å². The van der Waals surface area contributed by atoms with Crippen LogP contribution in [0.1, 0.15) is 23.8 Å². The van der Waals surface area contributed by atoms with E-state index in [4.69, 9.17) is 0 Å². The van der Waals surface area contributed by atoms with Crippen LogP contribution in [-0.2, 0) is 9.59 Å². The number of hydrogen-bond donors (Lipinski definition) is 1. The van der Waals surface area contributed by atoms with Gasteiger partial charge in [0, 0.05) is 22.8 Å². The Balaban J connectivity index is 2.40. The molecule has 1 aliphatic heterocycles. The Hall–Kier alpha value is -0.400. The maximum atomic E-state index is 11.8. The number of aliphatic carboxylic acids is 1. The van der Waals surface area contributed by atoms with E-state index in [0.29, 0.717) is 12.8 Å². The van der Waals surface area contributed by atoms with E-state index in [1.807, 2.05) is 6.07 Å². The summed E-state index contributed by atoms with van der Waals surface area (Å²) in [5.41, 5.74) is 0. The molecule has 18 heavy (non-hydrogen) atoms. The van der Waals surface area contributed by atoms with Crippen molar-refractivity contribution >= 4 is 55.1 Å². The summed E-state index contributed by atoms with van der Waals surface area (Å²) in [6, 6.07) is 1.50. The van der Waals surface area contributed by atoms with Crippen LogP contribution in [0.5, 0.6) is 0 Å². The van der Waals surface area contributed by atoms with Crippen LogP contribution in [0.2, 0.25) is 0 Å². The van der Waals surface area contributed by atoms with E-state index >= 15 is 0 Å². The second-order valence-electron chi connectivity index (χ2n) is 4.20. The van der Waals surface area contributed by atoms with Crippen LogP contribution in [0.15, 0.2) is 14.3 Å². The Labute approximate surface area is 125 Å². The molecular formula is C11H11Br2NO3S. The quantitative estimate of drug-likeness (QED) is 0.834. The third-order valence-electron chi connectivity index (χ3n) is 3.13. The van der Waals surface area contributed by atoms with Gasteiger partial charge in [0.1, 0.15) is 0 Å². The van der Waals surface area contributed by atoms with Gasteiger partial charge in [-0.2, -0.15) is 0 Å². The van der Waals surface area contributed by atoms with Crippen LogP contribution in [0.4, 0.5) is 0 Å². The Kier molecular flexibility index (Phi) is 4.13. The lowest BCUT2D eigenvalue weighted by atomic mass is 9.88. The summed E-state index contributed by atoms with van der Waals surface area (Å²) in [5.74, 6) is -1.39. The standard InChI is InChI=1S/C11H11Br2NO3S/c1-14-8(15)3-2-5(11(16)17)9(14)7-4-6(12)10(13)18-7/h4-5,9H,2-3H2,1H3,(H,16,17). The Bertz CT molecular complexity index is 483. The molecule has 1 amide bonds. The molecule has 1 aromatic heterocycles. The van der Waals surface area contributed by atoms with Crippen molar-refractivity contribution < 1.29 is 14.7 Å². The van der Waals surface area contributed by atoms with Crippen LogP contribution < -0.4 is 0 Å². The number of amides is 1. The molecule has 2 atom stereocenters. The molecule has 2 rings (SSSR count). The first kappa shape index (κ1) is 14.0. The van der Waals surface area contributed by atoms with Gasteiger partial charge in [0.25, 0.3) is 0 Å². The molecule has 1 fully saturated rings. The second kappa shape index (κ2) is 5.30. The summed E-state index contributed by atoms with van der Waals surface area (Å²) in [6.07, 6.45) is 0.702. The molecule has 0 bridgehead atoms. The number of halogens is 2. The average molecular weight is 397 g/mol. The van der Waals surface area contributed by atoms with Crippen LogP contribution in [0, 0.1) is 5.92 Å². The van der Waals surface area contributed by atoms with Gasteiger partial charge in [-0.05, 0) is 44.3 Å². The van der Waals surface area contributed by atoms with Crippen molar-refractivity contribution in [3.8, 4) is 0 Å². The number of thiophene rings is 1. The van der Waals surface area contributed by atoms with Crippen molar-refractivity contribution in [1.82, 2.24) is 4.90 Å². The molecule has 1 aromatic rings. The molecular weight excluding hydrogens is 386 g/mol. The zero-order valence-corrected chi connectivity index (χ0v) is 13.5. The van der Waals surface area contributed by atoms with E-state index in [9.17, 15) is 14.7 Å². The maximum absolute atomic E-state index is 11.8. The summed E-state index contributed by atoms with van der Waals surface area (Å²) in [7, 11) is 1.67. The van der Waals surface area contributed by atoms with Crippen molar-refractivity contribution in [3.63, 3.8) is 0 Å². The summed E-state index contributed by atoms with van der Waals surface area (Å²) < 4.78 is 1.80. The predicted molar refractivity (Wildman–Crippen MR) is 75.6 cm³/mol. The predicted octanol–water partition coefficient (Wildman–Crippen LogP) is 3.27. The van der Waals surface area contributed by atoms with Crippen molar-refractivity contribution in [2.24, 2.45) is 5.92 Å². The minimum atomic E-state index is -0.847. The van der Waals surface area contributed by atoms with Gasteiger partial charge >= 0.3 is 5.97 Å². The molecule has 0 radical (unpaired) electrons. The topological polar surface area (TPSA) is 57.6 Å². The number of carbonyl (C=O) groups is 2. The second-order valence-corrected chi connectivity index (χ2v) is 7.46. The van der Waals surface area contributed by atoms with Crippen molar-refractivity contribution in [2.75, 3.05) is 7.05 Å². The fraction of sp³-hybridized carbons (Fsp3) is 0.455. The fourth-order valence-electron chi connectivity index (χ4n) is 2.19. The van der Waals surface area contributed by atoms with E-state index in [2.05, 4.69) is 31.9 Å². The summed E-state index contributed by atoms with van der Waals surface area (Å²) in [5, 5.41) is 9.29. The van der Waals surface area contributed by atoms with Gasteiger partial charge in [-0.15, -0.1) is 11.3 Å². The first-order chi connectivity index (χ1) is 8.41. The number of likely N-dealkylation sites (tertiary alicyclic amines) is 1. The molecule has 0 aromatic carbocycles. The van der Waals surface area contributed by atoms with Gasteiger partial charge in [0.15, 0.2) is 0 Å². The third kappa shape index (κ3) is 2.48. The van der Waals surface area contributed by atoms with E-state index in [1.54, 1.807) is 11.9 Å². The lowest BCUT2D eigenvalue weighted by Crippen LogP contribution is -2.42. The molecule has 2 unspecified atom stereocenters. The monoisotopic (exact) mass is 395 g/mol. The Morgan fingerprint density at radius 1 is 1.56 bits per heavy atom. The molecule has 0 spiro atoms. The van der Waals surface area contributed by atoms with Gasteiger partial charge in [0.2, 0.25) is 5.91 Å². The van der Waals surface area contributed by atoms with Gasteiger partial charge < -0.3 is 10.0 Å². The summed E-state index contributed by atoms with van der Waals surface area (Å²) >= 11 is 8.24. The molecule has 7 heteroatoms. The highest BCUT2D eigenvalue weighted by molar-refractivity contribution is 9.13. The van der Waals surface area contributed by atoms with Gasteiger partial charge in [-0.25, -0.2) is 0 Å². The van der Waals surface area contributed by atoms with Crippen LogP contribution in [-0.4, -0.2) is 28.9 Å². The largest absolute Gasteiger partial charge is 0.481 e. The highest BCUT2D eigenvalue weighted by Crippen LogP contribution is 2.43. The number of carboxylic acid groups (broad SMARTS) is 1. The Morgan fingerprint density at radius 3 is 2.72 bits per heavy atom. The third-order valence-corrected chi connectivity index (χ3v) is 6.46. The van der Waals surface area contributed by atoms with Crippen molar-refractivity contribution in [1.29, 1.82) is 0 Å². The zero-order chi connectivity index (χ0) is 13.4. The van der Waals surface area contributed by atoms with Crippen molar-refractivity contribution in [3.05, 3.63) is 19.2 Å². The fourth-order valence-corrected chi connectivity index (χ4v) is 4.49. The number of nitrogens with zero attached hydrogens (tertiary/aromatic N) is 1. The minimum Gasteiger partial charge on any atom is -0.481 e. The molecule has 0 aliphatic carbocycles. The molecule has 1 N–H and O–H groups in total. The minimum absolute atomic E-state index is 0.00172. The molecule has 1 aliphatic rings. The highest BCUT2D eigenvalue weighted by Gasteiger charge is 2.39. The average Bonchev–Trinajstić information content (AvgIpc) is 2.62. The highest BCUT2D eigenvalue weighted by atomic mass is 79.9.